The van der Waals surface area contributed by atoms with Crippen LogP contribution in [0.5, 0.6) is 0 Å². The van der Waals surface area contributed by atoms with E-state index in [1.165, 1.54) is 17.6 Å². The van der Waals surface area contributed by atoms with Crippen LogP contribution in [0.3, 0.4) is 0 Å². The number of hydrogen-bond acceptors (Lipinski definition) is 5. The first-order valence-electron chi connectivity index (χ1n) is 7.88. The summed E-state index contributed by atoms with van der Waals surface area (Å²) in [5.74, 6) is 0.463. The maximum absolute atomic E-state index is 12.4. The molecule has 7 heteroatoms. The average molecular weight is 377 g/mol. The van der Waals surface area contributed by atoms with Crippen molar-refractivity contribution in [1.29, 1.82) is 0 Å². The van der Waals surface area contributed by atoms with Crippen molar-refractivity contribution >= 4 is 21.4 Å². The Balaban J connectivity index is 1.66. The van der Waals surface area contributed by atoms with Gasteiger partial charge in [0.25, 0.3) is 0 Å². The topological polar surface area (TPSA) is 79.5 Å². The lowest BCUT2D eigenvalue weighted by atomic mass is 10.2. The van der Waals surface area contributed by atoms with Crippen LogP contribution >= 0.6 is 11.3 Å². The lowest BCUT2D eigenvalue weighted by molar-refractivity contribution is 0.193. The zero-order valence-electron chi connectivity index (χ0n) is 13.7. The highest BCUT2D eigenvalue weighted by atomic mass is 32.2. The van der Waals surface area contributed by atoms with E-state index in [0.717, 1.165) is 16.9 Å². The van der Waals surface area contributed by atoms with Gasteiger partial charge in [-0.15, -0.1) is 11.3 Å². The number of aryl methyl sites for hydroxylation is 1. The molecule has 132 valence electrons. The summed E-state index contributed by atoms with van der Waals surface area (Å²) in [5, 5.41) is 10.2. The summed E-state index contributed by atoms with van der Waals surface area (Å²) in [6, 6.07) is 13.8. The second kappa shape index (κ2) is 7.53. The predicted octanol–water partition coefficient (Wildman–Crippen LogP) is 3.46. The highest BCUT2D eigenvalue weighted by Gasteiger charge is 2.17. The molecule has 5 nitrogen and oxygen atoms in total. The third kappa shape index (κ3) is 4.19. The van der Waals surface area contributed by atoms with Crippen molar-refractivity contribution in [3.05, 3.63) is 75.9 Å². The van der Waals surface area contributed by atoms with Gasteiger partial charge < -0.3 is 9.52 Å². The highest BCUT2D eigenvalue weighted by Crippen LogP contribution is 2.28. The Morgan fingerprint density at radius 3 is 2.56 bits per heavy atom. The number of thiophene rings is 1. The summed E-state index contributed by atoms with van der Waals surface area (Å²) >= 11 is 1.34. The van der Waals surface area contributed by atoms with Gasteiger partial charge in [-0.25, -0.2) is 13.1 Å². The number of aliphatic hydroxyl groups excluding tert-OH is 1. The van der Waals surface area contributed by atoms with Crippen molar-refractivity contribution in [2.75, 3.05) is 0 Å². The Kier molecular flexibility index (Phi) is 5.39. The summed E-state index contributed by atoms with van der Waals surface area (Å²) in [5.41, 5.74) is 1.09. The number of benzene rings is 1. The third-order valence-electron chi connectivity index (χ3n) is 3.84. The molecule has 2 heterocycles. The fourth-order valence-corrected chi connectivity index (χ4v) is 4.42. The van der Waals surface area contributed by atoms with Crippen LogP contribution < -0.4 is 4.72 Å². The van der Waals surface area contributed by atoms with Gasteiger partial charge in [0, 0.05) is 16.3 Å². The molecule has 1 aromatic carbocycles. The summed E-state index contributed by atoms with van der Waals surface area (Å²) in [4.78, 5) is 1.77. The molecule has 0 bridgehead atoms. The second-order valence-corrected chi connectivity index (χ2v) is 8.51. The minimum Gasteiger partial charge on any atom is -0.466 e. The van der Waals surface area contributed by atoms with Crippen molar-refractivity contribution in [2.45, 2.75) is 30.9 Å². The monoisotopic (exact) mass is 377 g/mol. The average Bonchev–Trinajstić information content (AvgIpc) is 3.31. The first-order chi connectivity index (χ1) is 12.0. The quantitative estimate of drug-likeness (QED) is 0.661. The minimum atomic E-state index is -3.56. The fourth-order valence-electron chi connectivity index (χ4n) is 2.38. The molecular formula is C18H19NO4S2. The van der Waals surface area contributed by atoms with Gasteiger partial charge in [-0.3, -0.25) is 0 Å². The van der Waals surface area contributed by atoms with Crippen LogP contribution in [0.15, 0.2) is 64.1 Å². The standard InChI is InChI=1S/C18H19NO4S2/c1-2-13-5-8-15(9-6-13)25(21,22)19-12-14-7-10-17(24-14)18(20)16-4-3-11-23-16/h3-11,18-20H,2,12H2,1H3. The molecule has 1 unspecified atom stereocenters. The smallest absolute Gasteiger partial charge is 0.240 e. The predicted molar refractivity (Wildman–Crippen MR) is 96.9 cm³/mol. The van der Waals surface area contributed by atoms with Crippen LogP contribution in [0, 0.1) is 0 Å². The number of rotatable bonds is 7. The van der Waals surface area contributed by atoms with Crippen LogP contribution in [0.4, 0.5) is 0 Å². The van der Waals surface area contributed by atoms with Crippen molar-refractivity contribution < 1.29 is 17.9 Å². The van der Waals surface area contributed by atoms with E-state index in [9.17, 15) is 13.5 Å². The molecule has 0 aliphatic rings. The van der Waals surface area contributed by atoms with Crippen LogP contribution in [0.1, 0.15) is 34.1 Å². The van der Waals surface area contributed by atoms with Crippen molar-refractivity contribution in [1.82, 2.24) is 4.72 Å². The maximum atomic E-state index is 12.4. The molecule has 2 aromatic heterocycles. The van der Waals surface area contributed by atoms with Gasteiger partial charge in [0.2, 0.25) is 10.0 Å². The van der Waals surface area contributed by atoms with E-state index in [1.807, 2.05) is 19.1 Å². The van der Waals surface area contributed by atoms with E-state index in [-0.39, 0.29) is 11.4 Å². The van der Waals surface area contributed by atoms with Gasteiger partial charge in [-0.2, -0.15) is 0 Å². The van der Waals surface area contributed by atoms with Gasteiger partial charge in [0.1, 0.15) is 11.9 Å². The zero-order valence-corrected chi connectivity index (χ0v) is 15.3. The molecule has 0 spiro atoms. The Morgan fingerprint density at radius 1 is 1.16 bits per heavy atom. The molecule has 0 aliphatic heterocycles. The SMILES string of the molecule is CCc1ccc(S(=O)(=O)NCc2ccc(C(O)c3ccco3)s2)cc1. The van der Waals surface area contributed by atoms with Crippen molar-refractivity contribution in [3.63, 3.8) is 0 Å². The van der Waals surface area contributed by atoms with Gasteiger partial charge in [0.05, 0.1) is 11.2 Å². The van der Waals surface area contributed by atoms with E-state index in [0.29, 0.717) is 10.6 Å². The van der Waals surface area contributed by atoms with E-state index in [4.69, 9.17) is 4.42 Å². The molecule has 0 saturated heterocycles. The molecule has 3 aromatic rings. The molecule has 1 atom stereocenters. The van der Waals surface area contributed by atoms with Gasteiger partial charge in [-0.05, 0) is 48.4 Å². The first kappa shape index (κ1) is 17.9. The molecule has 2 N–H and O–H groups in total. The Morgan fingerprint density at radius 2 is 1.92 bits per heavy atom. The fraction of sp³-hybridized carbons (Fsp3) is 0.222. The largest absolute Gasteiger partial charge is 0.466 e. The number of aliphatic hydroxyl groups is 1. The van der Waals surface area contributed by atoms with Crippen LogP contribution in [-0.4, -0.2) is 13.5 Å². The number of nitrogens with one attached hydrogen (secondary N) is 1. The van der Waals surface area contributed by atoms with E-state index >= 15 is 0 Å². The van der Waals surface area contributed by atoms with Crippen molar-refractivity contribution in [2.24, 2.45) is 0 Å². The molecule has 0 aliphatic carbocycles. The van der Waals surface area contributed by atoms with Crippen LogP contribution in [0.25, 0.3) is 0 Å². The summed E-state index contributed by atoms with van der Waals surface area (Å²) in [6.07, 6.45) is 1.53. The molecule has 3 rings (SSSR count). The molecule has 0 amide bonds. The minimum absolute atomic E-state index is 0.174. The van der Waals surface area contributed by atoms with Crippen LogP contribution in [-0.2, 0) is 23.0 Å². The van der Waals surface area contributed by atoms with Crippen molar-refractivity contribution in [3.8, 4) is 0 Å². The van der Waals surface area contributed by atoms with E-state index < -0.39 is 16.1 Å². The highest BCUT2D eigenvalue weighted by molar-refractivity contribution is 7.89. The van der Waals surface area contributed by atoms with Gasteiger partial charge >= 0.3 is 0 Å². The first-order valence-corrected chi connectivity index (χ1v) is 10.2. The Labute approximate surface area is 151 Å². The van der Waals surface area contributed by atoms with Gasteiger partial charge in [0.15, 0.2) is 0 Å². The summed E-state index contributed by atoms with van der Waals surface area (Å²) in [7, 11) is -3.56. The molecule has 0 saturated carbocycles. The summed E-state index contributed by atoms with van der Waals surface area (Å²) in [6.45, 7) is 2.20. The Bertz CT molecular complexity index is 912. The third-order valence-corrected chi connectivity index (χ3v) is 6.40. The number of furan rings is 1. The molecule has 0 fully saturated rings. The second-order valence-electron chi connectivity index (χ2n) is 5.54. The summed E-state index contributed by atoms with van der Waals surface area (Å²) < 4.78 is 32.5. The van der Waals surface area contributed by atoms with Gasteiger partial charge in [-0.1, -0.05) is 19.1 Å². The normalized spacial score (nSPS) is 13.0. The van der Waals surface area contributed by atoms with Crippen LogP contribution in [0.2, 0.25) is 0 Å². The van der Waals surface area contributed by atoms with E-state index in [1.54, 1.807) is 36.4 Å². The molecular weight excluding hydrogens is 358 g/mol. The molecule has 0 radical (unpaired) electrons. The Hall–Kier alpha value is -1.93. The number of sulfonamides is 1. The maximum Gasteiger partial charge on any atom is 0.240 e. The zero-order chi connectivity index (χ0) is 17.9. The lowest BCUT2D eigenvalue weighted by Gasteiger charge is -2.07. The van der Waals surface area contributed by atoms with E-state index in [2.05, 4.69) is 4.72 Å². The number of hydrogen-bond donors (Lipinski definition) is 2. The lowest BCUT2D eigenvalue weighted by Crippen LogP contribution is -2.22. The molecule has 25 heavy (non-hydrogen) atoms.